The molecule has 152 valence electrons. The molecule has 3 aromatic carbocycles. The number of fused-ring (bicyclic) bond motifs is 1. The topological polar surface area (TPSA) is 46.9 Å². The molecule has 1 N–H and O–H groups in total. The Bertz CT molecular complexity index is 1140. The number of hydrogen-bond donors (Lipinski definition) is 1. The molecule has 4 rings (SSSR count). The first-order valence-electron chi connectivity index (χ1n) is 10.1. The van der Waals surface area contributed by atoms with Crippen molar-refractivity contribution in [3.05, 3.63) is 89.4 Å². The van der Waals surface area contributed by atoms with Gasteiger partial charge in [-0.15, -0.1) is 0 Å². The van der Waals surface area contributed by atoms with Gasteiger partial charge in [-0.2, -0.15) is 5.10 Å². The monoisotopic (exact) mass is 417 g/mol. The van der Waals surface area contributed by atoms with E-state index in [1.807, 2.05) is 73.7 Å². The molecule has 4 nitrogen and oxygen atoms in total. The quantitative estimate of drug-likeness (QED) is 0.432. The van der Waals surface area contributed by atoms with Crippen molar-refractivity contribution in [1.29, 1.82) is 0 Å². The minimum atomic E-state index is -0.0467. The second-order valence-corrected chi connectivity index (χ2v) is 7.96. The van der Waals surface area contributed by atoms with Crippen LogP contribution in [0.2, 0.25) is 5.02 Å². The van der Waals surface area contributed by atoms with Crippen molar-refractivity contribution in [1.82, 2.24) is 15.1 Å². The van der Waals surface area contributed by atoms with Crippen molar-refractivity contribution in [3.63, 3.8) is 0 Å². The Hall–Kier alpha value is -3.11. The van der Waals surface area contributed by atoms with E-state index >= 15 is 0 Å². The third-order valence-corrected chi connectivity index (χ3v) is 5.40. The fraction of sp³-hybridized carbons (Fsp3) is 0.200. The lowest BCUT2D eigenvalue weighted by Gasteiger charge is -2.14. The van der Waals surface area contributed by atoms with Gasteiger partial charge in [-0.3, -0.25) is 9.48 Å². The van der Waals surface area contributed by atoms with Gasteiger partial charge in [-0.25, -0.2) is 0 Å². The highest BCUT2D eigenvalue weighted by atomic mass is 35.5. The van der Waals surface area contributed by atoms with E-state index in [4.69, 9.17) is 16.7 Å². The Morgan fingerprint density at radius 1 is 1.03 bits per heavy atom. The summed E-state index contributed by atoms with van der Waals surface area (Å²) in [6.07, 6.45) is 1.82. The highest BCUT2D eigenvalue weighted by molar-refractivity contribution is 6.31. The van der Waals surface area contributed by atoms with E-state index < -0.39 is 0 Å². The summed E-state index contributed by atoms with van der Waals surface area (Å²) >= 11 is 6.23. The van der Waals surface area contributed by atoms with Crippen molar-refractivity contribution >= 4 is 28.4 Å². The van der Waals surface area contributed by atoms with Crippen LogP contribution in [0.15, 0.2) is 78.9 Å². The van der Waals surface area contributed by atoms with Gasteiger partial charge in [0.2, 0.25) is 5.91 Å². The maximum atomic E-state index is 12.7. The molecule has 0 saturated heterocycles. The van der Waals surface area contributed by atoms with Gasteiger partial charge >= 0.3 is 0 Å². The number of nitrogens with one attached hydrogen (secondary N) is 1. The summed E-state index contributed by atoms with van der Waals surface area (Å²) in [7, 11) is 0. The van der Waals surface area contributed by atoms with Gasteiger partial charge in [0, 0.05) is 22.0 Å². The molecule has 0 aliphatic rings. The number of rotatable bonds is 7. The number of amides is 1. The lowest BCUT2D eigenvalue weighted by Crippen LogP contribution is -2.35. The van der Waals surface area contributed by atoms with Crippen molar-refractivity contribution < 1.29 is 4.79 Å². The summed E-state index contributed by atoms with van der Waals surface area (Å²) in [5, 5.41) is 9.43. The third-order valence-electron chi connectivity index (χ3n) is 5.17. The van der Waals surface area contributed by atoms with E-state index in [2.05, 4.69) is 17.4 Å². The maximum Gasteiger partial charge on any atom is 0.241 e. The first-order valence-corrected chi connectivity index (χ1v) is 10.5. The molecule has 0 radical (unpaired) electrons. The van der Waals surface area contributed by atoms with Crippen molar-refractivity contribution in [2.24, 2.45) is 0 Å². The number of aromatic nitrogens is 2. The highest BCUT2D eigenvalue weighted by Crippen LogP contribution is 2.30. The van der Waals surface area contributed by atoms with Crippen LogP contribution in [0.5, 0.6) is 0 Å². The average Bonchev–Trinajstić information content (AvgIpc) is 3.11. The van der Waals surface area contributed by atoms with Crippen LogP contribution in [0.3, 0.4) is 0 Å². The molecule has 0 aliphatic carbocycles. The van der Waals surface area contributed by atoms with Gasteiger partial charge in [-0.1, -0.05) is 72.3 Å². The summed E-state index contributed by atoms with van der Waals surface area (Å²) in [5.41, 5.74) is 4.00. The molecule has 1 heterocycles. The lowest BCUT2D eigenvalue weighted by atomic mass is 10.1. The summed E-state index contributed by atoms with van der Waals surface area (Å²) < 4.78 is 1.76. The first kappa shape index (κ1) is 20.2. The van der Waals surface area contributed by atoms with Crippen molar-refractivity contribution in [2.75, 3.05) is 0 Å². The molecule has 1 amide bonds. The van der Waals surface area contributed by atoms with Crippen LogP contribution in [-0.4, -0.2) is 21.7 Å². The zero-order chi connectivity index (χ0) is 20.9. The number of hydrogen-bond acceptors (Lipinski definition) is 2. The van der Waals surface area contributed by atoms with Crippen LogP contribution in [0.25, 0.3) is 22.2 Å². The standard InChI is InChI=1S/C25H24ClN3O/c1-18(12-13-19-8-4-2-5-9-19)27-24(30)17-29-23-15-14-21(26)16-22(23)25(28-29)20-10-6-3-7-11-20/h2-11,14-16,18H,12-13,17H2,1H3,(H,27,30)/t18-/m1/s1. The summed E-state index contributed by atoms with van der Waals surface area (Å²) in [6, 6.07) is 26.0. The van der Waals surface area contributed by atoms with E-state index in [1.54, 1.807) is 4.68 Å². The SMILES string of the molecule is C[C@H](CCc1ccccc1)NC(=O)Cn1nc(-c2ccccc2)c2cc(Cl)ccc21. The fourth-order valence-corrected chi connectivity index (χ4v) is 3.81. The van der Waals surface area contributed by atoms with Crippen LogP contribution in [-0.2, 0) is 17.8 Å². The minimum Gasteiger partial charge on any atom is -0.352 e. The van der Waals surface area contributed by atoms with E-state index in [0.29, 0.717) is 5.02 Å². The molecule has 0 aliphatic heterocycles. The smallest absolute Gasteiger partial charge is 0.241 e. The zero-order valence-electron chi connectivity index (χ0n) is 16.9. The second kappa shape index (κ2) is 9.14. The average molecular weight is 418 g/mol. The molecule has 1 aromatic heterocycles. The zero-order valence-corrected chi connectivity index (χ0v) is 17.6. The number of carbonyl (C=O) groups excluding carboxylic acids is 1. The molecule has 0 fully saturated rings. The summed E-state index contributed by atoms with van der Waals surface area (Å²) in [4.78, 5) is 12.7. The third kappa shape index (κ3) is 4.71. The molecule has 0 saturated carbocycles. The van der Waals surface area contributed by atoms with Crippen LogP contribution in [0, 0.1) is 0 Å². The second-order valence-electron chi connectivity index (χ2n) is 7.53. The number of aryl methyl sites for hydroxylation is 1. The van der Waals surface area contributed by atoms with Gasteiger partial charge < -0.3 is 5.32 Å². The summed E-state index contributed by atoms with van der Waals surface area (Å²) in [6.45, 7) is 2.21. The molecule has 0 unspecified atom stereocenters. The van der Waals surface area contributed by atoms with E-state index in [0.717, 1.165) is 35.0 Å². The normalized spacial score (nSPS) is 12.1. The van der Waals surface area contributed by atoms with Gasteiger partial charge in [0.25, 0.3) is 0 Å². The lowest BCUT2D eigenvalue weighted by molar-refractivity contribution is -0.122. The molecular formula is C25H24ClN3O. The van der Waals surface area contributed by atoms with Crippen molar-refractivity contribution in [3.8, 4) is 11.3 Å². The maximum absolute atomic E-state index is 12.7. The van der Waals surface area contributed by atoms with Gasteiger partial charge in [0.15, 0.2) is 0 Å². The van der Waals surface area contributed by atoms with E-state index in [9.17, 15) is 4.79 Å². The molecule has 1 atom stereocenters. The Morgan fingerprint density at radius 3 is 2.47 bits per heavy atom. The number of carbonyl (C=O) groups is 1. The van der Waals surface area contributed by atoms with Gasteiger partial charge in [-0.05, 0) is 43.5 Å². The molecular weight excluding hydrogens is 394 g/mol. The van der Waals surface area contributed by atoms with E-state index in [-0.39, 0.29) is 18.5 Å². The number of halogens is 1. The van der Waals surface area contributed by atoms with Crippen LogP contribution < -0.4 is 5.32 Å². The molecule has 0 bridgehead atoms. The minimum absolute atomic E-state index is 0.0467. The predicted molar refractivity (Wildman–Crippen MR) is 123 cm³/mol. The Morgan fingerprint density at radius 2 is 1.73 bits per heavy atom. The Labute approximate surface area is 181 Å². The number of nitrogens with zero attached hydrogens (tertiary/aromatic N) is 2. The van der Waals surface area contributed by atoms with E-state index in [1.165, 1.54) is 5.56 Å². The van der Waals surface area contributed by atoms with Gasteiger partial charge in [0.1, 0.15) is 12.2 Å². The largest absolute Gasteiger partial charge is 0.352 e. The highest BCUT2D eigenvalue weighted by Gasteiger charge is 2.16. The first-order chi connectivity index (χ1) is 14.6. The molecule has 0 spiro atoms. The summed E-state index contributed by atoms with van der Waals surface area (Å²) in [5.74, 6) is -0.0467. The van der Waals surface area contributed by atoms with Crippen molar-refractivity contribution in [2.45, 2.75) is 32.4 Å². The van der Waals surface area contributed by atoms with Gasteiger partial charge in [0.05, 0.1) is 5.52 Å². The molecule has 30 heavy (non-hydrogen) atoms. The van der Waals surface area contributed by atoms with Crippen LogP contribution in [0.4, 0.5) is 0 Å². The van der Waals surface area contributed by atoms with Crippen LogP contribution >= 0.6 is 11.6 Å². The fourth-order valence-electron chi connectivity index (χ4n) is 3.64. The Kier molecular flexibility index (Phi) is 6.15. The predicted octanol–water partition coefficient (Wildman–Crippen LogP) is 5.49. The molecule has 4 aromatic rings. The number of benzene rings is 3. The van der Waals surface area contributed by atoms with Crippen LogP contribution in [0.1, 0.15) is 18.9 Å². The Balaban J connectivity index is 1.48. The molecule has 5 heteroatoms.